The molecule has 1 aliphatic rings. The lowest BCUT2D eigenvalue weighted by atomic mass is 10.0. The second-order valence-electron chi connectivity index (χ2n) is 7.50. The number of alkyl halides is 3. The van der Waals surface area contributed by atoms with E-state index in [0.29, 0.717) is 34.1 Å². The molecule has 0 saturated heterocycles. The van der Waals surface area contributed by atoms with E-state index in [1.807, 2.05) is 0 Å². The minimum absolute atomic E-state index is 0.0332. The maximum absolute atomic E-state index is 13.7. The van der Waals surface area contributed by atoms with E-state index < -0.39 is 17.6 Å². The Hall–Kier alpha value is -2.81. The van der Waals surface area contributed by atoms with Crippen molar-refractivity contribution in [1.29, 1.82) is 0 Å². The van der Waals surface area contributed by atoms with Crippen molar-refractivity contribution in [3.63, 3.8) is 0 Å². The molecule has 6 nitrogen and oxygen atoms in total. The molecule has 0 spiro atoms. The number of nitrogens with zero attached hydrogens (tertiary/aromatic N) is 4. The number of aryl methyl sites for hydroxylation is 1. The van der Waals surface area contributed by atoms with Crippen molar-refractivity contribution in [2.45, 2.75) is 32.4 Å². The van der Waals surface area contributed by atoms with Gasteiger partial charge in [0, 0.05) is 30.8 Å². The highest BCUT2D eigenvalue weighted by molar-refractivity contribution is 6.34. The third-order valence-corrected chi connectivity index (χ3v) is 5.45. The topological polar surface area (TPSA) is 61.9 Å². The molecule has 2 aromatic heterocycles. The van der Waals surface area contributed by atoms with Crippen LogP contribution in [0.1, 0.15) is 42.1 Å². The first kappa shape index (κ1) is 21.4. The van der Waals surface area contributed by atoms with Crippen molar-refractivity contribution in [1.82, 2.24) is 19.6 Å². The number of benzene rings is 1. The Morgan fingerprint density at radius 2 is 2.03 bits per heavy atom. The summed E-state index contributed by atoms with van der Waals surface area (Å²) in [4.78, 5) is 12.5. The first-order chi connectivity index (χ1) is 14.7. The van der Waals surface area contributed by atoms with Gasteiger partial charge in [-0.3, -0.25) is 4.79 Å². The summed E-state index contributed by atoms with van der Waals surface area (Å²) in [6.45, 7) is 1.63. The molecule has 31 heavy (non-hydrogen) atoms. The molecule has 164 valence electrons. The van der Waals surface area contributed by atoms with Crippen LogP contribution in [0, 0.1) is 5.92 Å². The smallest absolute Gasteiger partial charge is 0.425 e. The van der Waals surface area contributed by atoms with E-state index in [-0.39, 0.29) is 18.2 Å². The van der Waals surface area contributed by atoms with Gasteiger partial charge in [0.1, 0.15) is 0 Å². The highest BCUT2D eigenvalue weighted by Crippen LogP contribution is 2.40. The molecular weight excluding hydrogens is 433 g/mol. The highest BCUT2D eigenvalue weighted by atomic mass is 35.5. The van der Waals surface area contributed by atoms with Gasteiger partial charge in [0.05, 0.1) is 17.8 Å². The van der Waals surface area contributed by atoms with Crippen molar-refractivity contribution in [2.24, 2.45) is 13.0 Å². The van der Waals surface area contributed by atoms with Gasteiger partial charge in [0.15, 0.2) is 17.2 Å². The first-order valence-corrected chi connectivity index (χ1v) is 10.2. The third kappa shape index (κ3) is 4.32. The number of hydrogen-bond donors (Lipinski definition) is 0. The monoisotopic (exact) mass is 452 g/mol. The Labute approximate surface area is 181 Å². The molecule has 0 amide bonds. The Morgan fingerprint density at radius 3 is 2.68 bits per heavy atom. The molecule has 3 aromatic rings. The van der Waals surface area contributed by atoms with Gasteiger partial charge in [-0.2, -0.15) is 18.3 Å². The van der Waals surface area contributed by atoms with Crippen LogP contribution in [-0.4, -0.2) is 32.0 Å². The molecule has 1 saturated carbocycles. The van der Waals surface area contributed by atoms with E-state index in [0.717, 1.165) is 22.2 Å². The molecule has 0 bridgehead atoms. The van der Waals surface area contributed by atoms with Crippen LogP contribution in [0.5, 0.6) is 5.88 Å². The summed E-state index contributed by atoms with van der Waals surface area (Å²) in [7, 11) is 1.39. The van der Waals surface area contributed by atoms with Crippen LogP contribution in [0.2, 0.25) is 5.02 Å². The summed E-state index contributed by atoms with van der Waals surface area (Å²) in [6.07, 6.45) is 0.763. The lowest BCUT2D eigenvalue weighted by Crippen LogP contribution is -2.13. The molecule has 2 heterocycles. The molecule has 0 atom stereocenters. The van der Waals surface area contributed by atoms with Gasteiger partial charge < -0.3 is 4.74 Å². The van der Waals surface area contributed by atoms with E-state index in [1.165, 1.54) is 19.4 Å². The number of carbonyl (C=O) groups excluding carboxylic acids is 1. The SMILES string of the molecule is CCOc1nn(C)c(-n2cc(-c3ccc(Cl)c(C(=O)CC4CC4)c3)cn2)c1C(F)(F)F. The number of Topliss-reactive ketones (excluding diaryl/α,β-unsaturated/α-hetero) is 1. The van der Waals surface area contributed by atoms with Crippen molar-refractivity contribution in [2.75, 3.05) is 6.61 Å². The molecule has 1 aliphatic carbocycles. The molecule has 1 aromatic carbocycles. The predicted molar refractivity (Wildman–Crippen MR) is 109 cm³/mol. The molecule has 1 fully saturated rings. The van der Waals surface area contributed by atoms with Gasteiger partial charge in [0.25, 0.3) is 0 Å². The quantitative estimate of drug-likeness (QED) is 0.455. The largest absolute Gasteiger partial charge is 0.476 e. The second kappa shape index (κ2) is 8.03. The minimum Gasteiger partial charge on any atom is -0.476 e. The van der Waals surface area contributed by atoms with E-state index in [1.54, 1.807) is 25.1 Å². The van der Waals surface area contributed by atoms with Gasteiger partial charge in [0.2, 0.25) is 5.88 Å². The van der Waals surface area contributed by atoms with Gasteiger partial charge >= 0.3 is 6.18 Å². The number of halogens is 4. The lowest BCUT2D eigenvalue weighted by molar-refractivity contribution is -0.138. The number of ketones is 1. The fourth-order valence-corrected chi connectivity index (χ4v) is 3.66. The minimum atomic E-state index is -4.68. The lowest BCUT2D eigenvalue weighted by Gasteiger charge is -2.10. The number of rotatable bonds is 7. The average molecular weight is 453 g/mol. The van der Waals surface area contributed by atoms with E-state index >= 15 is 0 Å². The van der Waals surface area contributed by atoms with Crippen molar-refractivity contribution < 1.29 is 22.7 Å². The van der Waals surface area contributed by atoms with Gasteiger partial charge in [-0.15, -0.1) is 5.10 Å². The fourth-order valence-electron chi connectivity index (χ4n) is 3.44. The van der Waals surface area contributed by atoms with Crippen molar-refractivity contribution in [3.8, 4) is 22.8 Å². The molecular formula is C21H20ClF3N4O2. The van der Waals surface area contributed by atoms with E-state index in [2.05, 4.69) is 10.2 Å². The Bertz CT molecular complexity index is 1130. The molecule has 0 radical (unpaired) electrons. The van der Waals surface area contributed by atoms with Gasteiger partial charge in [-0.25, -0.2) is 9.36 Å². The van der Waals surface area contributed by atoms with Gasteiger partial charge in [-0.05, 0) is 43.4 Å². The van der Waals surface area contributed by atoms with Crippen LogP contribution in [0.15, 0.2) is 30.6 Å². The van der Waals surface area contributed by atoms with E-state index in [4.69, 9.17) is 16.3 Å². The second-order valence-corrected chi connectivity index (χ2v) is 7.90. The molecule has 0 aliphatic heterocycles. The summed E-state index contributed by atoms with van der Waals surface area (Å²) in [5, 5.41) is 8.32. The third-order valence-electron chi connectivity index (χ3n) is 5.12. The zero-order chi connectivity index (χ0) is 22.3. The number of ether oxygens (including phenoxy) is 1. The maximum Gasteiger partial charge on any atom is 0.425 e. The Balaban J connectivity index is 1.72. The normalized spacial score (nSPS) is 14.1. The van der Waals surface area contributed by atoms with Gasteiger partial charge in [-0.1, -0.05) is 17.7 Å². The number of hydrogen-bond acceptors (Lipinski definition) is 4. The fraction of sp³-hybridized carbons (Fsp3) is 0.381. The first-order valence-electron chi connectivity index (χ1n) is 9.84. The zero-order valence-corrected chi connectivity index (χ0v) is 17.7. The standard InChI is InChI=1S/C21H20ClF3N4O2/c1-3-31-19-18(21(23,24)25)20(28(2)27-19)29-11-14(10-26-29)13-6-7-16(22)15(9-13)17(30)8-12-4-5-12/h6-7,9-12H,3-5,8H2,1-2H3. The number of aromatic nitrogens is 4. The van der Waals surface area contributed by atoms with Crippen molar-refractivity contribution in [3.05, 3.63) is 46.7 Å². The zero-order valence-electron chi connectivity index (χ0n) is 16.9. The highest BCUT2D eigenvalue weighted by Gasteiger charge is 2.42. The van der Waals surface area contributed by atoms with Crippen LogP contribution in [0.4, 0.5) is 13.2 Å². The summed E-state index contributed by atoms with van der Waals surface area (Å²) < 4.78 is 48.5. The van der Waals surface area contributed by atoms with Crippen LogP contribution in [0.25, 0.3) is 16.9 Å². The van der Waals surface area contributed by atoms with E-state index in [9.17, 15) is 18.0 Å². The average Bonchev–Trinajstić information content (AvgIpc) is 3.25. The van der Waals surface area contributed by atoms with Crippen LogP contribution in [-0.2, 0) is 13.2 Å². The van der Waals surface area contributed by atoms with Crippen LogP contribution < -0.4 is 4.74 Å². The molecule has 4 rings (SSSR count). The summed E-state index contributed by atoms with van der Waals surface area (Å²) in [6, 6.07) is 4.98. The molecule has 0 unspecified atom stereocenters. The summed E-state index contributed by atoms with van der Waals surface area (Å²) in [5.74, 6) is -0.376. The Morgan fingerprint density at radius 1 is 1.29 bits per heavy atom. The van der Waals surface area contributed by atoms with Crippen LogP contribution in [0.3, 0.4) is 0 Å². The predicted octanol–water partition coefficient (Wildman–Crippen LogP) is 5.33. The molecule has 10 heteroatoms. The summed E-state index contributed by atoms with van der Waals surface area (Å²) in [5.41, 5.74) is 0.594. The van der Waals surface area contributed by atoms with Crippen molar-refractivity contribution >= 4 is 17.4 Å². The van der Waals surface area contributed by atoms with Crippen LogP contribution >= 0.6 is 11.6 Å². The Kier molecular flexibility index (Phi) is 5.55. The number of carbonyl (C=O) groups is 1. The molecule has 0 N–H and O–H groups in total. The maximum atomic E-state index is 13.7. The summed E-state index contributed by atoms with van der Waals surface area (Å²) >= 11 is 6.22.